The summed E-state index contributed by atoms with van der Waals surface area (Å²) in [6, 6.07) is -2.94. The average molecular weight is 466 g/mol. The van der Waals surface area contributed by atoms with Crippen molar-refractivity contribution in [3.63, 3.8) is 0 Å². The summed E-state index contributed by atoms with van der Waals surface area (Å²) in [5, 5.41) is 50.4. The normalized spacial score (nSPS) is 50.4. The lowest BCUT2D eigenvalue weighted by molar-refractivity contribution is -0.309. The number of ketones is 1. The summed E-state index contributed by atoms with van der Waals surface area (Å²) in [5.74, 6) is -0.512. The van der Waals surface area contributed by atoms with Gasteiger partial charge in [0.25, 0.3) is 0 Å². The monoisotopic (exact) mass is 466 g/mol. The molecular formula is C18H34N4O10. The SMILES string of the molecule is NC[C@H]1O[C@H](O[C@@H]2C(=O)C[C@@H](N)[C@H](O[C@H]3O[C@H](CO)[C@@H](O)[C@H](N)[C@H]3O)[C@H]2O)[C@H](N)C[C@@H]1O. The topological polar surface area (TPSA) is 259 Å². The van der Waals surface area contributed by atoms with Gasteiger partial charge in [0.15, 0.2) is 18.4 Å². The van der Waals surface area contributed by atoms with Crippen molar-refractivity contribution in [2.75, 3.05) is 13.2 Å². The zero-order chi connectivity index (χ0) is 23.7. The third-order valence-corrected chi connectivity index (χ3v) is 6.17. The highest BCUT2D eigenvalue weighted by Gasteiger charge is 2.50. The molecule has 1 aliphatic carbocycles. The van der Waals surface area contributed by atoms with E-state index in [0.29, 0.717) is 0 Å². The molecule has 186 valence electrons. The highest BCUT2D eigenvalue weighted by atomic mass is 16.7. The van der Waals surface area contributed by atoms with Crippen molar-refractivity contribution in [2.45, 2.75) is 92.4 Å². The largest absolute Gasteiger partial charge is 0.394 e. The Labute approximate surface area is 184 Å². The van der Waals surface area contributed by atoms with Crippen LogP contribution in [0.1, 0.15) is 12.8 Å². The van der Waals surface area contributed by atoms with Crippen LogP contribution >= 0.6 is 0 Å². The number of ether oxygens (including phenoxy) is 4. The van der Waals surface area contributed by atoms with Gasteiger partial charge < -0.3 is 67.4 Å². The lowest BCUT2D eigenvalue weighted by atomic mass is 9.86. The molecule has 2 saturated heterocycles. The van der Waals surface area contributed by atoms with Crippen molar-refractivity contribution in [3.8, 4) is 0 Å². The molecule has 0 radical (unpaired) electrons. The molecule has 3 aliphatic rings. The van der Waals surface area contributed by atoms with Crippen LogP contribution in [-0.2, 0) is 23.7 Å². The molecule has 0 bridgehead atoms. The average Bonchev–Trinajstić information content (AvgIpc) is 2.75. The number of carbonyl (C=O) groups is 1. The lowest BCUT2D eigenvalue weighted by Gasteiger charge is -2.45. The van der Waals surface area contributed by atoms with Crippen LogP contribution in [0.3, 0.4) is 0 Å². The Morgan fingerprint density at radius 3 is 2.19 bits per heavy atom. The van der Waals surface area contributed by atoms with Crippen molar-refractivity contribution >= 4 is 5.78 Å². The zero-order valence-corrected chi connectivity index (χ0v) is 17.4. The van der Waals surface area contributed by atoms with Crippen LogP contribution in [0.15, 0.2) is 0 Å². The molecule has 0 spiro atoms. The van der Waals surface area contributed by atoms with Crippen LogP contribution in [0.4, 0.5) is 0 Å². The molecule has 3 rings (SSSR count). The molecule has 0 unspecified atom stereocenters. The molecule has 13 N–H and O–H groups in total. The second kappa shape index (κ2) is 10.6. The van der Waals surface area contributed by atoms with E-state index in [1.54, 1.807) is 0 Å². The summed E-state index contributed by atoms with van der Waals surface area (Å²) in [6.07, 6.45) is -12.5. The molecule has 0 aromatic carbocycles. The van der Waals surface area contributed by atoms with E-state index in [1.165, 1.54) is 0 Å². The van der Waals surface area contributed by atoms with Gasteiger partial charge in [0.2, 0.25) is 0 Å². The van der Waals surface area contributed by atoms with Crippen molar-refractivity contribution in [1.29, 1.82) is 0 Å². The standard InChI is InChI=1S/C18H34N4O10/c19-3-9-7(24)2-6(21)17(29-9)32-16-8(25)1-5(20)15(14(16)28)31-18-13(27)11(22)12(26)10(4-23)30-18/h5-7,9-18,23-24,26-28H,1-4,19-22H2/t5-,6-,7+,9-,10-,11+,12-,13-,14-,15+,16-,17-,18-/m1/s1. The first-order valence-electron chi connectivity index (χ1n) is 10.5. The van der Waals surface area contributed by atoms with E-state index in [9.17, 15) is 30.3 Å². The number of nitrogens with two attached hydrogens (primary N) is 4. The summed E-state index contributed by atoms with van der Waals surface area (Å²) >= 11 is 0. The molecule has 32 heavy (non-hydrogen) atoms. The lowest BCUT2D eigenvalue weighted by Crippen LogP contribution is -2.66. The summed E-state index contributed by atoms with van der Waals surface area (Å²) < 4.78 is 22.2. The van der Waals surface area contributed by atoms with Crippen LogP contribution < -0.4 is 22.9 Å². The van der Waals surface area contributed by atoms with Crippen molar-refractivity contribution < 1.29 is 49.3 Å². The minimum Gasteiger partial charge on any atom is -0.394 e. The Morgan fingerprint density at radius 1 is 0.906 bits per heavy atom. The Hall–Kier alpha value is -0.850. The molecular weight excluding hydrogens is 432 g/mol. The van der Waals surface area contributed by atoms with Gasteiger partial charge in [0, 0.05) is 19.0 Å². The maximum Gasteiger partial charge on any atom is 0.186 e. The Kier molecular flexibility index (Phi) is 8.54. The van der Waals surface area contributed by atoms with Crippen LogP contribution in [0, 0.1) is 0 Å². The number of aliphatic hydroxyl groups is 5. The second-order valence-corrected chi connectivity index (χ2v) is 8.51. The van der Waals surface area contributed by atoms with Gasteiger partial charge in [0.05, 0.1) is 30.9 Å². The molecule has 0 aromatic rings. The highest BCUT2D eigenvalue weighted by molar-refractivity contribution is 5.85. The van der Waals surface area contributed by atoms with Gasteiger partial charge in [0.1, 0.15) is 36.6 Å². The van der Waals surface area contributed by atoms with Crippen molar-refractivity contribution in [3.05, 3.63) is 0 Å². The second-order valence-electron chi connectivity index (χ2n) is 8.51. The van der Waals surface area contributed by atoms with Gasteiger partial charge >= 0.3 is 0 Å². The van der Waals surface area contributed by atoms with E-state index in [-0.39, 0.29) is 19.4 Å². The molecule has 2 heterocycles. The predicted molar refractivity (Wildman–Crippen MR) is 105 cm³/mol. The summed E-state index contributed by atoms with van der Waals surface area (Å²) in [6.45, 7) is -0.587. The van der Waals surface area contributed by atoms with E-state index < -0.39 is 91.9 Å². The van der Waals surface area contributed by atoms with Crippen molar-refractivity contribution in [2.24, 2.45) is 22.9 Å². The fourth-order valence-corrected chi connectivity index (χ4v) is 4.20. The number of aliphatic hydroxyl groups excluding tert-OH is 5. The fourth-order valence-electron chi connectivity index (χ4n) is 4.20. The van der Waals surface area contributed by atoms with E-state index in [0.717, 1.165) is 0 Å². The summed E-state index contributed by atoms with van der Waals surface area (Å²) in [5.41, 5.74) is 23.3. The maximum absolute atomic E-state index is 12.5. The smallest absolute Gasteiger partial charge is 0.186 e. The minimum atomic E-state index is -1.59. The molecule has 2 aliphatic heterocycles. The van der Waals surface area contributed by atoms with Crippen LogP contribution in [-0.4, -0.2) is 124 Å². The van der Waals surface area contributed by atoms with Crippen LogP contribution in [0.2, 0.25) is 0 Å². The summed E-state index contributed by atoms with van der Waals surface area (Å²) in [7, 11) is 0. The van der Waals surface area contributed by atoms with Crippen molar-refractivity contribution in [1.82, 2.24) is 0 Å². The van der Waals surface area contributed by atoms with E-state index >= 15 is 0 Å². The molecule has 0 amide bonds. The number of hydrogen-bond acceptors (Lipinski definition) is 14. The van der Waals surface area contributed by atoms with Gasteiger partial charge in [-0.25, -0.2) is 0 Å². The third kappa shape index (κ3) is 5.12. The van der Waals surface area contributed by atoms with E-state index in [4.69, 9.17) is 41.9 Å². The number of rotatable bonds is 6. The van der Waals surface area contributed by atoms with Crippen LogP contribution in [0.25, 0.3) is 0 Å². The predicted octanol–water partition coefficient (Wildman–Crippen LogP) is -6.05. The van der Waals surface area contributed by atoms with Gasteiger partial charge in [-0.05, 0) is 6.42 Å². The number of Topliss-reactive ketones (excluding diaryl/α,β-unsaturated/α-hetero) is 1. The Morgan fingerprint density at radius 2 is 1.56 bits per heavy atom. The quantitative estimate of drug-likeness (QED) is 0.176. The molecule has 3 fully saturated rings. The first-order valence-corrected chi connectivity index (χ1v) is 10.5. The fraction of sp³-hybridized carbons (Fsp3) is 0.944. The first kappa shape index (κ1) is 25.8. The Bertz CT molecular complexity index is 645. The number of carbonyl (C=O) groups excluding carboxylic acids is 1. The first-order chi connectivity index (χ1) is 15.1. The van der Waals surface area contributed by atoms with E-state index in [1.807, 2.05) is 0 Å². The molecule has 0 aromatic heterocycles. The highest BCUT2D eigenvalue weighted by Crippen LogP contribution is 2.29. The molecule has 13 atom stereocenters. The number of hydrogen-bond donors (Lipinski definition) is 9. The zero-order valence-electron chi connectivity index (χ0n) is 17.4. The third-order valence-electron chi connectivity index (χ3n) is 6.17. The molecule has 14 heteroatoms. The van der Waals surface area contributed by atoms with Crippen LogP contribution in [0.5, 0.6) is 0 Å². The van der Waals surface area contributed by atoms with Gasteiger partial charge in [-0.15, -0.1) is 0 Å². The minimum absolute atomic E-state index is 0.000557. The molecule has 1 saturated carbocycles. The summed E-state index contributed by atoms with van der Waals surface area (Å²) in [4.78, 5) is 12.5. The molecule has 14 nitrogen and oxygen atoms in total. The van der Waals surface area contributed by atoms with Gasteiger partial charge in [-0.1, -0.05) is 0 Å². The van der Waals surface area contributed by atoms with E-state index in [2.05, 4.69) is 0 Å². The van der Waals surface area contributed by atoms with Gasteiger partial charge in [-0.2, -0.15) is 0 Å². The Balaban J connectivity index is 1.71. The van der Waals surface area contributed by atoms with Gasteiger partial charge in [-0.3, -0.25) is 4.79 Å². The maximum atomic E-state index is 12.5.